The van der Waals surface area contributed by atoms with Gasteiger partial charge in [0.05, 0.1) is 5.56 Å². The summed E-state index contributed by atoms with van der Waals surface area (Å²) >= 11 is 1.38. The van der Waals surface area contributed by atoms with Crippen molar-refractivity contribution < 1.29 is 19.5 Å². The van der Waals surface area contributed by atoms with Crippen LogP contribution in [0, 0.1) is 13.8 Å². The van der Waals surface area contributed by atoms with E-state index in [1.165, 1.54) is 17.8 Å². The number of carboxylic acid groups (broad SMARTS) is 1. The first-order valence-electron chi connectivity index (χ1n) is 13.1. The Morgan fingerprint density at radius 2 is 1.37 bits per heavy atom. The van der Waals surface area contributed by atoms with E-state index in [1.54, 1.807) is 36.4 Å². The molecule has 5 rings (SSSR count). The molecule has 204 valence electrons. The number of amides is 2. The van der Waals surface area contributed by atoms with Crippen LogP contribution in [-0.2, 0) is 4.79 Å². The largest absolute Gasteiger partial charge is 0.478 e. The number of aryl methyl sites for hydroxylation is 2. The molecule has 0 fully saturated rings. The van der Waals surface area contributed by atoms with E-state index in [4.69, 9.17) is 0 Å². The minimum absolute atomic E-state index is 0.0676. The molecule has 0 spiro atoms. The Morgan fingerprint density at radius 1 is 0.683 bits per heavy atom. The van der Waals surface area contributed by atoms with E-state index in [1.807, 2.05) is 80.6 Å². The first-order valence-corrected chi connectivity index (χ1v) is 13.9. The summed E-state index contributed by atoms with van der Waals surface area (Å²) < 4.78 is 0. The number of fused-ring (bicyclic) bond motifs is 1. The molecule has 7 heteroatoms. The van der Waals surface area contributed by atoms with Gasteiger partial charge in [-0.25, -0.2) is 4.79 Å². The monoisotopic (exact) mass is 560 g/mol. The van der Waals surface area contributed by atoms with Gasteiger partial charge in [-0.15, -0.1) is 11.8 Å². The van der Waals surface area contributed by atoms with Crippen LogP contribution in [0.25, 0.3) is 10.8 Å². The average Bonchev–Trinajstić information content (AvgIpc) is 2.97. The Hall–Kier alpha value is -4.88. The van der Waals surface area contributed by atoms with Crippen molar-refractivity contribution in [3.8, 4) is 0 Å². The number of hydrogen-bond acceptors (Lipinski definition) is 4. The maximum atomic E-state index is 13.5. The summed E-state index contributed by atoms with van der Waals surface area (Å²) in [6.45, 7) is 4.04. The SMILES string of the molecule is Cc1ccc(NC(=O)C(Sc2cccc(NC(=O)c3cccc4cccc(C(=O)O)c34)c2)c2ccccc2)cc1C. The molecule has 0 saturated heterocycles. The van der Waals surface area contributed by atoms with Gasteiger partial charge < -0.3 is 15.7 Å². The van der Waals surface area contributed by atoms with Crippen LogP contribution in [0.5, 0.6) is 0 Å². The molecule has 1 unspecified atom stereocenters. The van der Waals surface area contributed by atoms with Crippen LogP contribution in [-0.4, -0.2) is 22.9 Å². The van der Waals surface area contributed by atoms with Crippen molar-refractivity contribution in [3.63, 3.8) is 0 Å². The van der Waals surface area contributed by atoms with Crippen molar-refractivity contribution in [2.45, 2.75) is 24.0 Å². The van der Waals surface area contributed by atoms with Crippen molar-refractivity contribution in [1.82, 2.24) is 0 Å². The summed E-state index contributed by atoms with van der Waals surface area (Å²) in [6.07, 6.45) is 0. The van der Waals surface area contributed by atoms with E-state index >= 15 is 0 Å². The van der Waals surface area contributed by atoms with Crippen LogP contribution in [0.3, 0.4) is 0 Å². The summed E-state index contributed by atoms with van der Waals surface area (Å²) in [5, 5.41) is 16.2. The second-order valence-corrected chi connectivity index (χ2v) is 10.9. The van der Waals surface area contributed by atoms with Gasteiger partial charge in [-0.1, -0.05) is 66.7 Å². The van der Waals surface area contributed by atoms with Crippen LogP contribution in [0.4, 0.5) is 11.4 Å². The van der Waals surface area contributed by atoms with Gasteiger partial charge >= 0.3 is 5.97 Å². The van der Waals surface area contributed by atoms with Crippen LogP contribution >= 0.6 is 11.8 Å². The van der Waals surface area contributed by atoms with Gasteiger partial charge in [0.1, 0.15) is 5.25 Å². The standard InChI is InChI=1S/C34H28N2O4S/c1-21-17-18-26(19-22(21)2)36-33(38)31(24-9-4-3-5-10-24)41-27-14-8-13-25(20-27)35-32(37)28-15-6-11-23-12-7-16-29(30(23)28)34(39)40/h3-20,31H,1-2H3,(H,35,37)(H,36,38)(H,39,40). The van der Waals surface area contributed by atoms with E-state index in [2.05, 4.69) is 10.6 Å². The van der Waals surface area contributed by atoms with Gasteiger partial charge in [0.15, 0.2) is 0 Å². The van der Waals surface area contributed by atoms with Gasteiger partial charge in [0.2, 0.25) is 5.91 Å². The molecule has 3 N–H and O–H groups in total. The number of carbonyl (C=O) groups is 3. The zero-order valence-corrected chi connectivity index (χ0v) is 23.4. The Balaban J connectivity index is 1.40. The summed E-state index contributed by atoms with van der Waals surface area (Å²) in [5.41, 5.74) is 4.70. The van der Waals surface area contributed by atoms with Gasteiger partial charge in [-0.3, -0.25) is 9.59 Å². The van der Waals surface area contributed by atoms with Crippen molar-refractivity contribution in [2.24, 2.45) is 0 Å². The normalized spacial score (nSPS) is 11.6. The number of thioether (sulfide) groups is 1. The third kappa shape index (κ3) is 6.31. The lowest BCUT2D eigenvalue weighted by atomic mass is 9.98. The Bertz CT molecular complexity index is 1760. The van der Waals surface area contributed by atoms with E-state index < -0.39 is 17.1 Å². The minimum Gasteiger partial charge on any atom is -0.478 e. The highest BCUT2D eigenvalue weighted by Crippen LogP contribution is 2.37. The number of anilines is 2. The van der Waals surface area contributed by atoms with Crippen LogP contribution < -0.4 is 10.6 Å². The lowest BCUT2D eigenvalue weighted by Gasteiger charge is -2.18. The fourth-order valence-corrected chi connectivity index (χ4v) is 5.70. The molecule has 0 bridgehead atoms. The summed E-state index contributed by atoms with van der Waals surface area (Å²) in [4.78, 5) is 39.5. The van der Waals surface area contributed by atoms with Gasteiger partial charge in [0, 0.05) is 27.2 Å². The molecule has 0 radical (unpaired) electrons. The molecule has 0 aliphatic rings. The number of hydrogen-bond donors (Lipinski definition) is 3. The highest BCUT2D eigenvalue weighted by atomic mass is 32.2. The summed E-state index contributed by atoms with van der Waals surface area (Å²) in [7, 11) is 0. The maximum absolute atomic E-state index is 13.5. The van der Waals surface area contributed by atoms with E-state index in [0.717, 1.165) is 27.3 Å². The lowest BCUT2D eigenvalue weighted by molar-refractivity contribution is -0.115. The number of rotatable bonds is 8. The number of nitrogens with one attached hydrogen (secondary N) is 2. The van der Waals surface area contributed by atoms with E-state index in [-0.39, 0.29) is 17.0 Å². The summed E-state index contributed by atoms with van der Waals surface area (Å²) in [5.74, 6) is -1.67. The van der Waals surface area contributed by atoms with Crippen LogP contribution in [0.2, 0.25) is 0 Å². The molecule has 5 aromatic rings. The Kier molecular flexibility index (Phi) is 8.17. The fourth-order valence-electron chi connectivity index (χ4n) is 4.62. The van der Waals surface area contributed by atoms with Gasteiger partial charge in [-0.05, 0) is 78.4 Å². The third-order valence-corrected chi connectivity index (χ3v) is 8.09. The average molecular weight is 561 g/mol. The molecule has 0 aromatic heterocycles. The smallest absolute Gasteiger partial charge is 0.336 e. The second-order valence-electron chi connectivity index (χ2n) is 9.69. The van der Waals surface area contributed by atoms with Crippen molar-refractivity contribution >= 4 is 51.7 Å². The molecule has 6 nitrogen and oxygen atoms in total. The lowest BCUT2D eigenvalue weighted by Crippen LogP contribution is -2.19. The molecule has 5 aromatic carbocycles. The molecular formula is C34H28N2O4S. The second kappa shape index (κ2) is 12.1. The number of benzene rings is 5. The van der Waals surface area contributed by atoms with Crippen molar-refractivity contribution in [1.29, 1.82) is 0 Å². The molecule has 0 heterocycles. The quantitative estimate of drug-likeness (QED) is 0.168. The Labute approximate surface area is 242 Å². The number of aromatic carboxylic acids is 1. The molecule has 41 heavy (non-hydrogen) atoms. The first-order chi connectivity index (χ1) is 19.8. The minimum atomic E-state index is -1.10. The zero-order valence-electron chi connectivity index (χ0n) is 22.5. The topological polar surface area (TPSA) is 95.5 Å². The molecular weight excluding hydrogens is 532 g/mol. The fraction of sp³-hybridized carbons (Fsp3) is 0.0882. The van der Waals surface area contributed by atoms with Gasteiger partial charge in [-0.2, -0.15) is 0 Å². The van der Waals surface area contributed by atoms with Crippen LogP contribution in [0.15, 0.2) is 114 Å². The molecule has 0 aliphatic carbocycles. The Morgan fingerprint density at radius 3 is 2.07 bits per heavy atom. The molecule has 2 amide bonds. The number of carboxylic acids is 1. The van der Waals surface area contributed by atoms with Crippen molar-refractivity contribution in [3.05, 3.63) is 137 Å². The van der Waals surface area contributed by atoms with Crippen LogP contribution in [0.1, 0.15) is 42.7 Å². The van der Waals surface area contributed by atoms with E-state index in [9.17, 15) is 19.5 Å². The highest BCUT2D eigenvalue weighted by molar-refractivity contribution is 8.00. The first kappa shape index (κ1) is 27.7. The maximum Gasteiger partial charge on any atom is 0.336 e. The molecule has 1 atom stereocenters. The highest BCUT2D eigenvalue weighted by Gasteiger charge is 2.23. The predicted molar refractivity (Wildman–Crippen MR) is 165 cm³/mol. The molecule has 0 saturated carbocycles. The van der Waals surface area contributed by atoms with Crippen molar-refractivity contribution in [2.75, 3.05) is 10.6 Å². The third-order valence-electron chi connectivity index (χ3n) is 6.84. The predicted octanol–water partition coefficient (Wildman–Crippen LogP) is 7.88. The van der Waals surface area contributed by atoms with E-state index in [0.29, 0.717) is 16.5 Å². The zero-order chi connectivity index (χ0) is 28.9. The molecule has 0 aliphatic heterocycles. The summed E-state index contributed by atoms with van der Waals surface area (Å²) in [6, 6.07) is 32.7. The number of carbonyl (C=O) groups excluding carboxylic acids is 2. The van der Waals surface area contributed by atoms with Gasteiger partial charge in [0.25, 0.3) is 5.91 Å².